The Morgan fingerprint density at radius 3 is 2.56 bits per heavy atom. The molecule has 0 aromatic heterocycles. The third-order valence-electron chi connectivity index (χ3n) is 7.53. The van der Waals surface area contributed by atoms with Crippen molar-refractivity contribution in [1.29, 1.82) is 0 Å². The van der Waals surface area contributed by atoms with Crippen LogP contribution < -0.4 is 5.32 Å². The second-order valence-corrected chi connectivity index (χ2v) is 10.5. The van der Waals surface area contributed by atoms with E-state index < -0.39 is 0 Å². The first kappa shape index (κ1) is 23.5. The van der Waals surface area contributed by atoms with Crippen LogP contribution in [0.2, 0.25) is 5.02 Å². The van der Waals surface area contributed by atoms with Gasteiger partial charge in [-0.15, -0.1) is 0 Å². The molecule has 176 valence electrons. The average Bonchev–Trinajstić information content (AvgIpc) is 3.25. The van der Waals surface area contributed by atoms with Crippen LogP contribution in [0.5, 0.6) is 0 Å². The normalized spacial score (nSPS) is 26.8. The molecule has 32 heavy (non-hydrogen) atoms. The fourth-order valence-electron chi connectivity index (χ4n) is 5.51. The van der Waals surface area contributed by atoms with Gasteiger partial charge in [0.15, 0.2) is 0 Å². The van der Waals surface area contributed by atoms with E-state index in [1.165, 1.54) is 12.8 Å². The number of benzene rings is 1. The van der Waals surface area contributed by atoms with E-state index in [9.17, 15) is 14.7 Å². The van der Waals surface area contributed by atoms with Gasteiger partial charge in [-0.05, 0) is 68.7 Å². The van der Waals surface area contributed by atoms with Gasteiger partial charge >= 0.3 is 0 Å². The number of hydrogen-bond donors (Lipinski definition) is 2. The number of amides is 2. The largest absolute Gasteiger partial charge is 0.393 e. The highest BCUT2D eigenvalue weighted by molar-refractivity contribution is 6.31. The number of aliphatic hydroxyl groups excluding tert-OH is 1. The number of carbonyl (C=O) groups excluding carboxylic acids is 2. The fourth-order valence-corrected chi connectivity index (χ4v) is 5.75. The molecule has 0 radical (unpaired) electrons. The number of hydrogen-bond acceptors (Lipinski definition) is 4. The SMILES string of the molecule is Cc1c(CN2CCN(C(=O)C3CCCC3)[C@@H](C)C2)cc(Cl)cc1NC(=O)C[C@H]1C[C@@H](O)C1. The second kappa shape index (κ2) is 10.1. The predicted molar refractivity (Wildman–Crippen MR) is 127 cm³/mol. The molecule has 0 unspecified atom stereocenters. The topological polar surface area (TPSA) is 72.9 Å². The first-order valence-corrected chi connectivity index (χ1v) is 12.5. The second-order valence-electron chi connectivity index (χ2n) is 10.1. The number of anilines is 1. The maximum absolute atomic E-state index is 12.9. The molecule has 2 amide bonds. The van der Waals surface area contributed by atoms with Crippen LogP contribution in [-0.4, -0.2) is 58.5 Å². The summed E-state index contributed by atoms with van der Waals surface area (Å²) in [6, 6.07) is 4.00. The number of rotatable bonds is 6. The highest BCUT2D eigenvalue weighted by Gasteiger charge is 2.33. The Bertz CT molecular complexity index is 849. The van der Waals surface area contributed by atoms with Gasteiger partial charge in [-0.25, -0.2) is 0 Å². The van der Waals surface area contributed by atoms with E-state index in [0.717, 1.165) is 55.8 Å². The van der Waals surface area contributed by atoms with Crippen molar-refractivity contribution in [2.45, 2.75) is 77.5 Å². The molecule has 2 aliphatic carbocycles. The zero-order valence-electron chi connectivity index (χ0n) is 19.3. The van der Waals surface area contributed by atoms with Gasteiger partial charge in [0.05, 0.1) is 6.10 Å². The minimum Gasteiger partial charge on any atom is -0.393 e. The first-order valence-electron chi connectivity index (χ1n) is 12.1. The van der Waals surface area contributed by atoms with Crippen LogP contribution in [0.1, 0.15) is 63.0 Å². The van der Waals surface area contributed by atoms with Crippen molar-refractivity contribution in [3.8, 4) is 0 Å². The number of carbonyl (C=O) groups is 2. The molecule has 1 atom stereocenters. The highest BCUT2D eigenvalue weighted by Crippen LogP contribution is 2.32. The molecule has 0 bridgehead atoms. The molecule has 3 aliphatic rings. The van der Waals surface area contributed by atoms with Crippen LogP contribution in [0.15, 0.2) is 12.1 Å². The molecule has 3 fully saturated rings. The Balaban J connectivity index is 1.35. The van der Waals surface area contributed by atoms with Gasteiger partial charge in [-0.2, -0.15) is 0 Å². The molecule has 2 saturated carbocycles. The standard InChI is InChI=1S/C25H36ClN3O3/c1-16-14-28(7-8-29(16)25(32)19-5-3-4-6-19)15-20-12-21(26)13-23(17(20)2)27-24(31)11-18-9-22(30)10-18/h12-13,16,18-19,22,30H,3-11,14-15H2,1-2H3,(H,27,31)/t16-,18-,22+/m0/s1. The van der Waals surface area contributed by atoms with Crippen molar-refractivity contribution in [2.75, 3.05) is 25.0 Å². The minimum absolute atomic E-state index is 0.0223. The van der Waals surface area contributed by atoms with E-state index >= 15 is 0 Å². The molecule has 4 rings (SSSR count). The van der Waals surface area contributed by atoms with Gasteiger partial charge in [0.2, 0.25) is 11.8 Å². The monoisotopic (exact) mass is 461 g/mol. The Hall–Kier alpha value is -1.63. The molecule has 1 aromatic carbocycles. The molecule has 1 heterocycles. The van der Waals surface area contributed by atoms with E-state index in [1.54, 1.807) is 0 Å². The summed E-state index contributed by atoms with van der Waals surface area (Å²) in [6.07, 6.45) is 6.06. The predicted octanol–water partition coefficient (Wildman–Crippen LogP) is 3.97. The maximum Gasteiger partial charge on any atom is 0.226 e. The highest BCUT2D eigenvalue weighted by atomic mass is 35.5. The number of piperazine rings is 1. The molecule has 1 saturated heterocycles. The van der Waals surface area contributed by atoms with E-state index in [-0.39, 0.29) is 29.9 Å². The number of aliphatic hydroxyl groups is 1. The Kier molecular flexibility index (Phi) is 7.43. The van der Waals surface area contributed by atoms with Crippen molar-refractivity contribution in [1.82, 2.24) is 9.80 Å². The Labute approximate surface area is 196 Å². The molecule has 1 aromatic rings. The molecular formula is C25H36ClN3O3. The van der Waals surface area contributed by atoms with E-state index in [1.807, 2.05) is 19.1 Å². The molecule has 2 N–H and O–H groups in total. The van der Waals surface area contributed by atoms with Gasteiger partial charge in [-0.3, -0.25) is 14.5 Å². The Morgan fingerprint density at radius 2 is 1.91 bits per heavy atom. The lowest BCUT2D eigenvalue weighted by molar-refractivity contribution is -0.140. The Morgan fingerprint density at radius 1 is 1.19 bits per heavy atom. The van der Waals surface area contributed by atoms with Crippen LogP contribution in [0.4, 0.5) is 5.69 Å². The summed E-state index contributed by atoms with van der Waals surface area (Å²) in [5, 5.41) is 13.1. The molecule has 0 spiro atoms. The summed E-state index contributed by atoms with van der Waals surface area (Å²) in [4.78, 5) is 29.8. The molecule has 7 heteroatoms. The molecule has 1 aliphatic heterocycles. The average molecular weight is 462 g/mol. The summed E-state index contributed by atoms with van der Waals surface area (Å²) in [5.74, 6) is 0.825. The minimum atomic E-state index is -0.247. The maximum atomic E-state index is 12.9. The summed E-state index contributed by atoms with van der Waals surface area (Å²) >= 11 is 6.40. The lowest BCUT2D eigenvalue weighted by atomic mass is 9.80. The van der Waals surface area contributed by atoms with Crippen LogP contribution >= 0.6 is 11.6 Å². The zero-order chi connectivity index (χ0) is 22.8. The van der Waals surface area contributed by atoms with Gasteiger partial charge in [-0.1, -0.05) is 24.4 Å². The summed E-state index contributed by atoms with van der Waals surface area (Å²) in [7, 11) is 0. The molecule has 6 nitrogen and oxygen atoms in total. The summed E-state index contributed by atoms with van der Waals surface area (Å²) in [5.41, 5.74) is 2.91. The number of nitrogens with one attached hydrogen (secondary N) is 1. The zero-order valence-corrected chi connectivity index (χ0v) is 20.0. The summed E-state index contributed by atoms with van der Waals surface area (Å²) in [6.45, 7) is 7.38. The van der Waals surface area contributed by atoms with Crippen LogP contribution in [0.3, 0.4) is 0 Å². The van der Waals surface area contributed by atoms with Crippen molar-refractivity contribution < 1.29 is 14.7 Å². The lowest BCUT2D eigenvalue weighted by Crippen LogP contribution is -2.54. The third kappa shape index (κ3) is 5.46. The summed E-state index contributed by atoms with van der Waals surface area (Å²) < 4.78 is 0. The van der Waals surface area contributed by atoms with E-state index in [4.69, 9.17) is 11.6 Å². The van der Waals surface area contributed by atoms with Crippen LogP contribution in [0, 0.1) is 18.8 Å². The number of halogens is 1. The number of nitrogens with zero attached hydrogens (tertiary/aromatic N) is 2. The lowest BCUT2D eigenvalue weighted by Gasteiger charge is -2.41. The van der Waals surface area contributed by atoms with E-state index in [2.05, 4.69) is 22.0 Å². The third-order valence-corrected chi connectivity index (χ3v) is 7.75. The van der Waals surface area contributed by atoms with Crippen LogP contribution in [-0.2, 0) is 16.1 Å². The van der Waals surface area contributed by atoms with Crippen molar-refractivity contribution in [3.05, 3.63) is 28.3 Å². The fraction of sp³-hybridized carbons (Fsp3) is 0.680. The molecular weight excluding hydrogens is 426 g/mol. The van der Waals surface area contributed by atoms with Crippen molar-refractivity contribution >= 4 is 29.1 Å². The quantitative estimate of drug-likeness (QED) is 0.672. The smallest absolute Gasteiger partial charge is 0.226 e. The van der Waals surface area contributed by atoms with Crippen molar-refractivity contribution in [2.24, 2.45) is 11.8 Å². The van der Waals surface area contributed by atoms with Crippen LogP contribution in [0.25, 0.3) is 0 Å². The van der Waals surface area contributed by atoms with Gasteiger partial charge in [0.25, 0.3) is 0 Å². The van der Waals surface area contributed by atoms with Gasteiger partial charge in [0, 0.05) is 55.3 Å². The first-order chi connectivity index (χ1) is 15.3. The van der Waals surface area contributed by atoms with Gasteiger partial charge < -0.3 is 15.3 Å². The van der Waals surface area contributed by atoms with E-state index in [0.29, 0.717) is 30.2 Å². The van der Waals surface area contributed by atoms with Gasteiger partial charge in [0.1, 0.15) is 0 Å². The van der Waals surface area contributed by atoms with Crippen molar-refractivity contribution in [3.63, 3.8) is 0 Å².